The lowest BCUT2D eigenvalue weighted by molar-refractivity contribution is 0.410. The highest BCUT2D eigenvalue weighted by atomic mass is 127. The topological polar surface area (TPSA) is 46.5 Å². The highest BCUT2D eigenvalue weighted by Gasteiger charge is 2.12. The highest BCUT2D eigenvalue weighted by Crippen LogP contribution is 2.22. The van der Waals surface area contributed by atoms with Gasteiger partial charge in [-0.2, -0.15) is 0 Å². The van der Waals surface area contributed by atoms with E-state index in [1.807, 2.05) is 0 Å². The lowest BCUT2D eigenvalue weighted by atomic mass is 10.3. The fourth-order valence-electron chi connectivity index (χ4n) is 0.586. The summed E-state index contributed by atoms with van der Waals surface area (Å²) < 4.78 is 15.8. The van der Waals surface area contributed by atoms with Gasteiger partial charge in [0.1, 0.15) is 0 Å². The van der Waals surface area contributed by atoms with Crippen LogP contribution in [0.25, 0.3) is 0 Å². The standard InChI is InChI=1S/C6H4IO3P/c7-5-1-3-6(4-2-5)10-11(8)9/h1-4H/p+1. The molecule has 0 aliphatic rings. The second-order valence-corrected chi connectivity index (χ2v) is 3.69. The van der Waals surface area contributed by atoms with Gasteiger partial charge >= 0.3 is 8.25 Å². The molecule has 0 aliphatic heterocycles. The molecule has 1 aromatic rings. The predicted molar refractivity (Wildman–Crippen MR) is 49.6 cm³/mol. The van der Waals surface area contributed by atoms with E-state index in [-0.39, 0.29) is 0 Å². The van der Waals surface area contributed by atoms with Crippen molar-refractivity contribution in [1.29, 1.82) is 0 Å². The molecule has 3 nitrogen and oxygen atoms in total. The first kappa shape index (κ1) is 8.90. The fraction of sp³-hybridized carbons (Fsp3) is 0. The molecule has 0 spiro atoms. The van der Waals surface area contributed by atoms with Crippen molar-refractivity contribution in [3.8, 4) is 5.75 Å². The molecular weight excluding hydrogens is 278 g/mol. The molecule has 1 rings (SSSR count). The summed E-state index contributed by atoms with van der Waals surface area (Å²) in [5, 5.41) is 0. The van der Waals surface area contributed by atoms with E-state index in [0.717, 1.165) is 3.57 Å². The molecule has 0 saturated heterocycles. The Bertz CT molecular complexity index is 259. The van der Waals surface area contributed by atoms with Gasteiger partial charge < -0.3 is 0 Å². The van der Waals surface area contributed by atoms with E-state index >= 15 is 0 Å². The van der Waals surface area contributed by atoms with E-state index in [1.54, 1.807) is 24.3 Å². The van der Waals surface area contributed by atoms with Gasteiger partial charge in [-0.1, -0.05) is 0 Å². The molecule has 11 heavy (non-hydrogen) atoms. The molecule has 0 aromatic heterocycles. The molecule has 0 radical (unpaired) electrons. The summed E-state index contributed by atoms with van der Waals surface area (Å²) in [6.07, 6.45) is 0. The van der Waals surface area contributed by atoms with Crippen LogP contribution in [0.5, 0.6) is 5.75 Å². The monoisotopic (exact) mass is 283 g/mol. The van der Waals surface area contributed by atoms with Crippen molar-refractivity contribution >= 4 is 30.8 Å². The van der Waals surface area contributed by atoms with E-state index in [0.29, 0.717) is 5.75 Å². The van der Waals surface area contributed by atoms with Gasteiger partial charge in [0.2, 0.25) is 0 Å². The Balaban J connectivity index is 2.74. The molecule has 1 unspecified atom stereocenters. The quantitative estimate of drug-likeness (QED) is 0.669. The molecule has 5 heteroatoms. The van der Waals surface area contributed by atoms with Gasteiger partial charge in [-0.25, -0.2) is 4.52 Å². The van der Waals surface area contributed by atoms with Crippen LogP contribution in [0.3, 0.4) is 0 Å². The second-order valence-electron chi connectivity index (χ2n) is 1.78. The summed E-state index contributed by atoms with van der Waals surface area (Å²) in [6, 6.07) is 6.89. The molecule has 0 heterocycles. The third-order valence-electron chi connectivity index (χ3n) is 0.997. The maximum atomic E-state index is 10.2. The van der Waals surface area contributed by atoms with Crippen molar-refractivity contribution in [1.82, 2.24) is 0 Å². The van der Waals surface area contributed by atoms with Crippen LogP contribution in [0.15, 0.2) is 24.3 Å². The van der Waals surface area contributed by atoms with Crippen LogP contribution in [0, 0.1) is 3.57 Å². The van der Waals surface area contributed by atoms with Crippen molar-refractivity contribution in [2.75, 3.05) is 0 Å². The van der Waals surface area contributed by atoms with Crippen LogP contribution in [0.1, 0.15) is 0 Å². The molecule has 0 aliphatic carbocycles. The first-order valence-electron chi connectivity index (χ1n) is 2.78. The molecule has 0 bridgehead atoms. The number of rotatable bonds is 2. The van der Waals surface area contributed by atoms with Crippen molar-refractivity contribution in [2.24, 2.45) is 0 Å². The van der Waals surface area contributed by atoms with Crippen LogP contribution in [-0.4, -0.2) is 4.89 Å². The average Bonchev–Trinajstić information content (AvgIpc) is 1.93. The largest absolute Gasteiger partial charge is 0.747 e. The average molecular weight is 283 g/mol. The minimum absolute atomic E-state index is 0.411. The fourth-order valence-corrected chi connectivity index (χ4v) is 1.25. The van der Waals surface area contributed by atoms with Crippen LogP contribution in [0.2, 0.25) is 0 Å². The summed E-state index contributed by atoms with van der Waals surface area (Å²) in [6.45, 7) is 0. The molecule has 0 saturated carbocycles. The molecule has 1 N–H and O–H groups in total. The van der Waals surface area contributed by atoms with Crippen LogP contribution in [-0.2, 0) is 4.57 Å². The van der Waals surface area contributed by atoms with Crippen molar-refractivity contribution in [3.63, 3.8) is 0 Å². The lowest BCUT2D eigenvalue weighted by Gasteiger charge is -1.89. The van der Waals surface area contributed by atoms with Gasteiger partial charge in [-0.3, -0.25) is 0 Å². The number of benzene rings is 1. The minimum Gasteiger partial charge on any atom is -0.229 e. The number of hydrogen-bond donors (Lipinski definition) is 1. The normalized spacial score (nSPS) is 10.9. The maximum absolute atomic E-state index is 10.2. The number of hydrogen-bond acceptors (Lipinski definition) is 2. The third-order valence-corrected chi connectivity index (χ3v) is 2.08. The molecule has 1 aromatic carbocycles. The summed E-state index contributed by atoms with van der Waals surface area (Å²) in [5.41, 5.74) is 0. The summed E-state index contributed by atoms with van der Waals surface area (Å²) in [4.78, 5) is 8.36. The highest BCUT2D eigenvalue weighted by molar-refractivity contribution is 14.1. The number of halogens is 1. The van der Waals surface area contributed by atoms with Gasteiger partial charge in [-0.05, 0) is 46.9 Å². The van der Waals surface area contributed by atoms with Gasteiger partial charge in [-0.15, -0.1) is 4.89 Å². The zero-order chi connectivity index (χ0) is 8.27. The zero-order valence-corrected chi connectivity index (χ0v) is 8.45. The first-order chi connectivity index (χ1) is 5.18. The minimum atomic E-state index is -2.54. The Morgan fingerprint density at radius 2 is 1.91 bits per heavy atom. The summed E-state index contributed by atoms with van der Waals surface area (Å²) in [5.74, 6) is 0.411. The van der Waals surface area contributed by atoms with Crippen LogP contribution >= 0.6 is 30.8 Å². The van der Waals surface area contributed by atoms with E-state index < -0.39 is 8.25 Å². The van der Waals surface area contributed by atoms with E-state index in [2.05, 4.69) is 27.1 Å². The zero-order valence-electron chi connectivity index (χ0n) is 5.40. The Hall–Kier alpha value is -0.190. The van der Waals surface area contributed by atoms with E-state index in [4.69, 9.17) is 4.89 Å². The van der Waals surface area contributed by atoms with Crippen molar-refractivity contribution in [3.05, 3.63) is 27.8 Å². The van der Waals surface area contributed by atoms with Crippen molar-refractivity contribution in [2.45, 2.75) is 0 Å². The van der Waals surface area contributed by atoms with E-state index in [1.165, 1.54) is 0 Å². The molecular formula is C6H5IO3P+. The summed E-state index contributed by atoms with van der Waals surface area (Å²) >= 11 is 2.14. The molecule has 58 valence electrons. The Morgan fingerprint density at radius 1 is 1.36 bits per heavy atom. The van der Waals surface area contributed by atoms with Gasteiger partial charge in [0.25, 0.3) is 0 Å². The maximum Gasteiger partial charge on any atom is 0.747 e. The van der Waals surface area contributed by atoms with E-state index in [9.17, 15) is 4.57 Å². The summed E-state index contributed by atoms with van der Waals surface area (Å²) in [7, 11) is -2.54. The third kappa shape index (κ3) is 3.14. The predicted octanol–water partition coefficient (Wildman–Crippen LogP) is 2.32. The molecule has 1 atom stereocenters. The van der Waals surface area contributed by atoms with Gasteiger partial charge in [0.15, 0.2) is 5.75 Å². The Morgan fingerprint density at radius 3 is 2.36 bits per heavy atom. The van der Waals surface area contributed by atoms with Crippen LogP contribution in [0.4, 0.5) is 0 Å². The Labute approximate surface area is 78.5 Å². The van der Waals surface area contributed by atoms with Crippen LogP contribution < -0.4 is 4.52 Å². The Kier molecular flexibility index (Phi) is 3.23. The second kappa shape index (κ2) is 3.99. The first-order valence-corrected chi connectivity index (χ1v) is 4.99. The van der Waals surface area contributed by atoms with Gasteiger partial charge in [0, 0.05) is 8.14 Å². The molecule has 0 fully saturated rings. The van der Waals surface area contributed by atoms with Crippen molar-refractivity contribution < 1.29 is 14.0 Å². The smallest absolute Gasteiger partial charge is 0.229 e. The van der Waals surface area contributed by atoms with Gasteiger partial charge in [0.05, 0.1) is 0 Å². The SMILES string of the molecule is O=[P+](O)Oc1ccc(I)cc1. The molecule has 0 amide bonds. The lowest BCUT2D eigenvalue weighted by Crippen LogP contribution is -1.79.